The Morgan fingerprint density at radius 3 is 2.34 bits per heavy atom. The highest BCUT2D eigenvalue weighted by Gasteiger charge is 2.49. The molecule has 154 valence electrons. The standard InChI is InChI=1S/C21H24N2O5S/c1-27-17-9-7-16(8-10-17)23-19-14-29(25,26)13-18(19)22(12-21(23)24)11-15-5-3-4-6-20(15)28-2/h3-10,18-19H,11-14H2,1-2H3/t18-,19+/m1/s1. The molecule has 8 heteroatoms. The van der Waals surface area contributed by atoms with Crippen molar-refractivity contribution in [2.45, 2.75) is 18.6 Å². The van der Waals surface area contributed by atoms with Gasteiger partial charge in [-0.15, -0.1) is 0 Å². The molecule has 0 aromatic heterocycles. The zero-order valence-electron chi connectivity index (χ0n) is 16.4. The van der Waals surface area contributed by atoms with Crippen LogP contribution in [0.25, 0.3) is 0 Å². The van der Waals surface area contributed by atoms with Crippen molar-refractivity contribution in [3.8, 4) is 11.5 Å². The maximum Gasteiger partial charge on any atom is 0.241 e. The molecule has 0 radical (unpaired) electrons. The first-order chi connectivity index (χ1) is 13.9. The third-order valence-electron chi connectivity index (χ3n) is 5.62. The molecule has 29 heavy (non-hydrogen) atoms. The molecule has 0 unspecified atom stereocenters. The number of piperazine rings is 1. The molecule has 0 N–H and O–H groups in total. The molecular formula is C21H24N2O5S. The van der Waals surface area contributed by atoms with Gasteiger partial charge in [-0.05, 0) is 30.3 Å². The molecule has 2 heterocycles. The number of anilines is 1. The molecule has 2 saturated heterocycles. The van der Waals surface area contributed by atoms with Crippen molar-refractivity contribution in [3.05, 3.63) is 54.1 Å². The lowest BCUT2D eigenvalue weighted by atomic mass is 10.0. The Hall–Kier alpha value is -2.58. The minimum atomic E-state index is -3.24. The number of nitrogens with zero attached hydrogens (tertiary/aromatic N) is 2. The van der Waals surface area contributed by atoms with E-state index in [9.17, 15) is 13.2 Å². The average Bonchev–Trinajstić information content (AvgIpc) is 3.04. The largest absolute Gasteiger partial charge is 0.497 e. The number of ether oxygens (including phenoxy) is 2. The molecule has 2 aliphatic rings. The van der Waals surface area contributed by atoms with Crippen LogP contribution >= 0.6 is 0 Å². The van der Waals surface area contributed by atoms with Crippen molar-refractivity contribution in [3.63, 3.8) is 0 Å². The van der Waals surface area contributed by atoms with Crippen molar-refractivity contribution < 1.29 is 22.7 Å². The number of hydrogen-bond acceptors (Lipinski definition) is 6. The van der Waals surface area contributed by atoms with Gasteiger partial charge in [0, 0.05) is 23.8 Å². The number of fused-ring (bicyclic) bond motifs is 1. The second kappa shape index (κ2) is 7.68. The number of carbonyl (C=O) groups excluding carboxylic acids is 1. The van der Waals surface area contributed by atoms with Gasteiger partial charge < -0.3 is 14.4 Å². The number of methoxy groups -OCH3 is 2. The van der Waals surface area contributed by atoms with Gasteiger partial charge in [0.05, 0.1) is 38.3 Å². The summed E-state index contributed by atoms with van der Waals surface area (Å²) < 4.78 is 35.6. The van der Waals surface area contributed by atoms with E-state index in [0.29, 0.717) is 18.0 Å². The van der Waals surface area contributed by atoms with Crippen LogP contribution in [0.15, 0.2) is 48.5 Å². The number of benzene rings is 2. The van der Waals surface area contributed by atoms with Crippen LogP contribution in [-0.4, -0.2) is 63.6 Å². The second-order valence-electron chi connectivity index (χ2n) is 7.39. The smallest absolute Gasteiger partial charge is 0.241 e. The third-order valence-corrected chi connectivity index (χ3v) is 7.32. The summed E-state index contributed by atoms with van der Waals surface area (Å²) in [6.07, 6.45) is 0. The molecule has 0 aliphatic carbocycles. The number of para-hydroxylation sites is 1. The van der Waals surface area contributed by atoms with E-state index in [1.165, 1.54) is 0 Å². The zero-order chi connectivity index (χ0) is 20.6. The van der Waals surface area contributed by atoms with Crippen molar-refractivity contribution in [2.75, 3.05) is 37.2 Å². The van der Waals surface area contributed by atoms with E-state index in [0.717, 1.165) is 11.3 Å². The Labute approximate surface area is 170 Å². The van der Waals surface area contributed by atoms with E-state index >= 15 is 0 Å². The van der Waals surface area contributed by atoms with Gasteiger partial charge in [0.1, 0.15) is 11.5 Å². The second-order valence-corrected chi connectivity index (χ2v) is 9.54. The molecule has 4 rings (SSSR count). The zero-order valence-corrected chi connectivity index (χ0v) is 17.3. The van der Waals surface area contributed by atoms with Gasteiger partial charge in [-0.25, -0.2) is 8.42 Å². The third kappa shape index (κ3) is 3.82. The SMILES string of the molecule is COc1ccc(N2C(=O)CN(Cc3ccccc3OC)[C@@H]3CS(=O)(=O)C[C@@H]32)cc1. The number of hydrogen-bond donors (Lipinski definition) is 0. The summed E-state index contributed by atoms with van der Waals surface area (Å²) in [4.78, 5) is 16.7. The molecule has 2 fully saturated rings. The summed E-state index contributed by atoms with van der Waals surface area (Å²) in [5.41, 5.74) is 1.63. The van der Waals surface area contributed by atoms with Crippen LogP contribution in [0, 0.1) is 0 Å². The number of amides is 1. The van der Waals surface area contributed by atoms with E-state index < -0.39 is 15.9 Å². The van der Waals surface area contributed by atoms with E-state index in [2.05, 4.69) is 0 Å². The van der Waals surface area contributed by atoms with Gasteiger partial charge in [-0.1, -0.05) is 18.2 Å². The lowest BCUT2D eigenvalue weighted by Crippen LogP contribution is -2.61. The number of rotatable bonds is 5. The van der Waals surface area contributed by atoms with Gasteiger partial charge in [0.2, 0.25) is 5.91 Å². The maximum absolute atomic E-state index is 13.1. The highest BCUT2D eigenvalue weighted by atomic mass is 32.2. The molecule has 1 amide bonds. The van der Waals surface area contributed by atoms with E-state index in [1.807, 2.05) is 29.2 Å². The first-order valence-electron chi connectivity index (χ1n) is 9.44. The quantitative estimate of drug-likeness (QED) is 0.739. The highest BCUT2D eigenvalue weighted by molar-refractivity contribution is 7.91. The van der Waals surface area contributed by atoms with Gasteiger partial charge in [-0.2, -0.15) is 0 Å². The van der Waals surface area contributed by atoms with Crippen LogP contribution in [0.5, 0.6) is 11.5 Å². The Morgan fingerprint density at radius 2 is 1.66 bits per heavy atom. The Kier molecular flexibility index (Phi) is 5.23. The molecule has 0 saturated carbocycles. The summed E-state index contributed by atoms with van der Waals surface area (Å²) >= 11 is 0. The Balaban J connectivity index is 1.66. The van der Waals surface area contributed by atoms with Gasteiger partial charge in [0.25, 0.3) is 0 Å². The lowest BCUT2D eigenvalue weighted by molar-refractivity contribution is -0.123. The molecule has 2 aromatic carbocycles. The average molecular weight is 416 g/mol. The normalized spacial score (nSPS) is 23.7. The van der Waals surface area contributed by atoms with E-state index in [-0.39, 0.29) is 30.0 Å². The Bertz CT molecular complexity index is 1010. The minimum absolute atomic E-state index is 0.0299. The van der Waals surface area contributed by atoms with Crippen molar-refractivity contribution in [1.82, 2.24) is 4.90 Å². The predicted molar refractivity (Wildman–Crippen MR) is 110 cm³/mol. The topological polar surface area (TPSA) is 76.2 Å². The monoisotopic (exact) mass is 416 g/mol. The number of sulfone groups is 1. The van der Waals surface area contributed by atoms with Crippen molar-refractivity contribution in [2.24, 2.45) is 0 Å². The lowest BCUT2D eigenvalue weighted by Gasteiger charge is -2.43. The fourth-order valence-electron chi connectivity index (χ4n) is 4.26. The van der Waals surface area contributed by atoms with Crippen LogP contribution in [-0.2, 0) is 21.2 Å². The Morgan fingerprint density at radius 1 is 0.966 bits per heavy atom. The summed E-state index contributed by atoms with van der Waals surface area (Å²) in [5.74, 6) is 1.33. The first-order valence-corrected chi connectivity index (χ1v) is 11.3. The van der Waals surface area contributed by atoms with Crippen LogP contribution in [0.1, 0.15) is 5.56 Å². The molecule has 0 bridgehead atoms. The van der Waals surface area contributed by atoms with Crippen LogP contribution < -0.4 is 14.4 Å². The van der Waals surface area contributed by atoms with Gasteiger partial charge >= 0.3 is 0 Å². The molecule has 2 atom stereocenters. The maximum atomic E-state index is 13.1. The minimum Gasteiger partial charge on any atom is -0.497 e. The first kappa shape index (κ1) is 19.7. The predicted octanol–water partition coefficient (Wildman–Crippen LogP) is 1.72. The van der Waals surface area contributed by atoms with Crippen molar-refractivity contribution in [1.29, 1.82) is 0 Å². The van der Waals surface area contributed by atoms with E-state index in [4.69, 9.17) is 9.47 Å². The highest BCUT2D eigenvalue weighted by Crippen LogP contribution is 2.34. The number of carbonyl (C=O) groups is 1. The van der Waals surface area contributed by atoms with Crippen LogP contribution in [0.2, 0.25) is 0 Å². The van der Waals surface area contributed by atoms with E-state index in [1.54, 1.807) is 43.4 Å². The molecular weight excluding hydrogens is 392 g/mol. The summed E-state index contributed by atoms with van der Waals surface area (Å²) in [6, 6.07) is 14.1. The van der Waals surface area contributed by atoms with Crippen molar-refractivity contribution >= 4 is 21.4 Å². The molecule has 7 nitrogen and oxygen atoms in total. The fraction of sp³-hybridized carbons (Fsp3) is 0.381. The molecule has 2 aromatic rings. The fourth-order valence-corrected chi connectivity index (χ4v) is 6.24. The van der Waals surface area contributed by atoms with Gasteiger partial charge in [0.15, 0.2) is 9.84 Å². The van der Waals surface area contributed by atoms with Crippen LogP contribution in [0.3, 0.4) is 0 Å². The van der Waals surface area contributed by atoms with Crippen LogP contribution in [0.4, 0.5) is 5.69 Å². The van der Waals surface area contributed by atoms with Gasteiger partial charge in [-0.3, -0.25) is 9.69 Å². The molecule has 2 aliphatic heterocycles. The molecule has 0 spiro atoms. The summed E-state index contributed by atoms with van der Waals surface area (Å²) in [6.45, 7) is 0.615. The summed E-state index contributed by atoms with van der Waals surface area (Å²) in [7, 11) is -0.0531. The summed E-state index contributed by atoms with van der Waals surface area (Å²) in [5, 5.41) is 0.